The van der Waals surface area contributed by atoms with Crippen LogP contribution in [0.5, 0.6) is 0 Å². The molecular formula is C28H29FN6O. The second-order valence-electron chi connectivity index (χ2n) is 9.83. The standard InChI is InChI=1S/C28H29FN6O/c1-17-12-22-21(26(30)36)9-5-10-25(22)35(17)28-32-24-14-20-8-2-3-11-34(20)16-23(24)27(33-28)31-15-18-6-4-7-19(29)13-18/h4-7,9-10,12-13,20H,2-3,8,11,14-16H2,1H3,(H2,30,36)(H,31,32,33). The highest BCUT2D eigenvalue weighted by Gasteiger charge is 2.32. The number of amides is 1. The molecule has 0 bridgehead atoms. The van der Waals surface area contributed by atoms with Gasteiger partial charge in [0, 0.05) is 47.8 Å². The molecule has 0 spiro atoms. The molecule has 2 aliphatic rings. The van der Waals surface area contributed by atoms with E-state index in [0.717, 1.165) is 58.7 Å². The zero-order valence-corrected chi connectivity index (χ0v) is 20.3. The topological polar surface area (TPSA) is 89.1 Å². The van der Waals surface area contributed by atoms with Gasteiger partial charge in [0.05, 0.1) is 11.2 Å². The fourth-order valence-electron chi connectivity index (χ4n) is 5.70. The van der Waals surface area contributed by atoms with Gasteiger partial charge < -0.3 is 11.1 Å². The summed E-state index contributed by atoms with van der Waals surface area (Å²) in [5.41, 5.74) is 10.9. The molecule has 1 amide bonds. The lowest BCUT2D eigenvalue weighted by molar-refractivity contribution is 0.100. The van der Waals surface area contributed by atoms with Gasteiger partial charge in [0.25, 0.3) is 0 Å². The van der Waals surface area contributed by atoms with Crippen molar-refractivity contribution in [3.05, 3.63) is 82.4 Å². The number of carbonyl (C=O) groups excluding carboxylic acids is 1. The first-order valence-electron chi connectivity index (χ1n) is 12.5. The Morgan fingerprint density at radius 3 is 2.86 bits per heavy atom. The molecule has 2 aromatic carbocycles. The number of nitrogens with two attached hydrogens (primary N) is 1. The number of nitrogens with zero attached hydrogens (tertiary/aromatic N) is 4. The Morgan fingerprint density at radius 2 is 2.03 bits per heavy atom. The monoisotopic (exact) mass is 484 g/mol. The predicted octanol–water partition coefficient (Wildman–Crippen LogP) is 4.49. The van der Waals surface area contributed by atoms with Crippen LogP contribution in [-0.4, -0.2) is 37.9 Å². The quantitative estimate of drug-likeness (QED) is 0.436. The lowest BCUT2D eigenvalue weighted by Crippen LogP contribution is -2.44. The van der Waals surface area contributed by atoms with Gasteiger partial charge in [-0.15, -0.1) is 0 Å². The summed E-state index contributed by atoms with van der Waals surface area (Å²) < 4.78 is 15.8. The molecule has 184 valence electrons. The van der Waals surface area contributed by atoms with E-state index in [9.17, 15) is 9.18 Å². The second-order valence-corrected chi connectivity index (χ2v) is 9.83. The molecule has 0 radical (unpaired) electrons. The number of nitrogens with one attached hydrogen (secondary N) is 1. The van der Waals surface area contributed by atoms with Crippen LogP contribution in [0.4, 0.5) is 10.2 Å². The number of halogens is 1. The lowest BCUT2D eigenvalue weighted by Gasteiger charge is -2.40. The summed E-state index contributed by atoms with van der Waals surface area (Å²) in [5.74, 6) is 0.624. The van der Waals surface area contributed by atoms with E-state index in [2.05, 4.69) is 10.2 Å². The number of fused-ring (bicyclic) bond motifs is 3. The van der Waals surface area contributed by atoms with E-state index in [0.29, 0.717) is 24.1 Å². The minimum atomic E-state index is -0.459. The molecule has 0 aliphatic carbocycles. The Balaban J connectivity index is 1.47. The van der Waals surface area contributed by atoms with E-state index < -0.39 is 5.91 Å². The fourth-order valence-corrected chi connectivity index (χ4v) is 5.70. The Hall–Kier alpha value is -3.78. The number of aryl methyl sites for hydroxylation is 1. The molecule has 1 atom stereocenters. The number of piperidine rings is 1. The van der Waals surface area contributed by atoms with Crippen LogP contribution in [0.25, 0.3) is 16.9 Å². The minimum Gasteiger partial charge on any atom is -0.366 e. The van der Waals surface area contributed by atoms with Crippen LogP contribution < -0.4 is 11.1 Å². The summed E-state index contributed by atoms with van der Waals surface area (Å²) in [4.78, 5) is 24.6. The number of benzene rings is 2. The molecule has 7 nitrogen and oxygen atoms in total. The third-order valence-corrected chi connectivity index (χ3v) is 7.46. The van der Waals surface area contributed by atoms with E-state index in [1.54, 1.807) is 12.1 Å². The van der Waals surface area contributed by atoms with Crippen LogP contribution in [0, 0.1) is 12.7 Å². The third kappa shape index (κ3) is 4.01. The zero-order chi connectivity index (χ0) is 24.8. The highest BCUT2D eigenvalue weighted by Crippen LogP contribution is 2.34. The average Bonchev–Trinajstić information content (AvgIpc) is 3.21. The summed E-state index contributed by atoms with van der Waals surface area (Å²) in [6.07, 6.45) is 4.52. The van der Waals surface area contributed by atoms with E-state index in [1.807, 2.05) is 35.8 Å². The fraction of sp³-hybridized carbons (Fsp3) is 0.321. The maximum absolute atomic E-state index is 13.8. The molecule has 2 aliphatic heterocycles. The molecule has 1 saturated heterocycles. The van der Waals surface area contributed by atoms with Crippen LogP contribution in [0.2, 0.25) is 0 Å². The average molecular weight is 485 g/mol. The number of primary amides is 1. The van der Waals surface area contributed by atoms with Gasteiger partial charge in [0.15, 0.2) is 0 Å². The highest BCUT2D eigenvalue weighted by molar-refractivity contribution is 6.06. The van der Waals surface area contributed by atoms with Crippen LogP contribution in [0.3, 0.4) is 0 Å². The molecule has 1 fully saturated rings. The predicted molar refractivity (Wildman–Crippen MR) is 138 cm³/mol. The molecule has 3 N–H and O–H groups in total. The molecule has 2 aromatic heterocycles. The van der Waals surface area contributed by atoms with E-state index in [4.69, 9.17) is 15.7 Å². The van der Waals surface area contributed by atoms with Gasteiger partial charge in [-0.1, -0.05) is 24.6 Å². The molecule has 0 saturated carbocycles. The Kier molecular flexibility index (Phi) is 5.68. The van der Waals surface area contributed by atoms with Crippen molar-refractivity contribution in [3.63, 3.8) is 0 Å². The number of hydrogen-bond donors (Lipinski definition) is 2. The molecule has 4 aromatic rings. The number of carbonyl (C=O) groups is 1. The van der Waals surface area contributed by atoms with Crippen LogP contribution in [0.15, 0.2) is 48.5 Å². The van der Waals surface area contributed by atoms with Crippen molar-refractivity contribution >= 4 is 22.6 Å². The zero-order valence-electron chi connectivity index (χ0n) is 20.3. The summed E-state index contributed by atoms with van der Waals surface area (Å²) in [6.45, 7) is 4.34. The Bertz CT molecular complexity index is 1480. The number of anilines is 1. The maximum Gasteiger partial charge on any atom is 0.249 e. The summed E-state index contributed by atoms with van der Waals surface area (Å²) in [5, 5.41) is 4.27. The lowest BCUT2D eigenvalue weighted by atomic mass is 9.91. The molecule has 1 unspecified atom stereocenters. The Morgan fingerprint density at radius 1 is 1.17 bits per heavy atom. The SMILES string of the molecule is Cc1cc2c(C(N)=O)cccc2n1-c1nc2c(c(NCc3cccc(F)c3)n1)CN1CCCCC1C2. The van der Waals surface area contributed by atoms with Crippen molar-refractivity contribution in [2.24, 2.45) is 5.73 Å². The molecule has 6 rings (SSSR count). The van der Waals surface area contributed by atoms with Crippen molar-refractivity contribution in [1.29, 1.82) is 0 Å². The number of hydrogen-bond acceptors (Lipinski definition) is 5. The van der Waals surface area contributed by atoms with Gasteiger partial charge >= 0.3 is 0 Å². The molecular weight excluding hydrogens is 455 g/mol. The van der Waals surface area contributed by atoms with Gasteiger partial charge in [-0.3, -0.25) is 14.3 Å². The van der Waals surface area contributed by atoms with Gasteiger partial charge in [-0.05, 0) is 62.2 Å². The van der Waals surface area contributed by atoms with Gasteiger partial charge in [0.1, 0.15) is 11.6 Å². The van der Waals surface area contributed by atoms with E-state index >= 15 is 0 Å². The Labute approximate surface area is 209 Å². The summed E-state index contributed by atoms with van der Waals surface area (Å²) >= 11 is 0. The summed E-state index contributed by atoms with van der Waals surface area (Å²) in [7, 11) is 0. The first-order chi connectivity index (χ1) is 17.5. The van der Waals surface area contributed by atoms with Crippen molar-refractivity contribution in [2.45, 2.75) is 51.7 Å². The number of rotatable bonds is 5. The second kappa shape index (κ2) is 9.02. The van der Waals surface area contributed by atoms with Crippen LogP contribution in [-0.2, 0) is 19.5 Å². The smallest absolute Gasteiger partial charge is 0.249 e. The normalized spacial score (nSPS) is 17.6. The largest absolute Gasteiger partial charge is 0.366 e. The molecule has 36 heavy (non-hydrogen) atoms. The third-order valence-electron chi connectivity index (χ3n) is 7.46. The van der Waals surface area contributed by atoms with E-state index in [-0.39, 0.29) is 5.82 Å². The highest BCUT2D eigenvalue weighted by atomic mass is 19.1. The van der Waals surface area contributed by atoms with Gasteiger partial charge in [0.2, 0.25) is 11.9 Å². The summed E-state index contributed by atoms with van der Waals surface area (Å²) in [6, 6.07) is 14.6. The van der Waals surface area contributed by atoms with Crippen molar-refractivity contribution in [3.8, 4) is 5.95 Å². The van der Waals surface area contributed by atoms with Crippen molar-refractivity contribution in [1.82, 2.24) is 19.4 Å². The van der Waals surface area contributed by atoms with Crippen LogP contribution >= 0.6 is 0 Å². The van der Waals surface area contributed by atoms with Crippen molar-refractivity contribution in [2.75, 3.05) is 11.9 Å². The molecule has 4 heterocycles. The minimum absolute atomic E-state index is 0.254. The van der Waals surface area contributed by atoms with Gasteiger partial charge in [-0.2, -0.15) is 4.98 Å². The first-order valence-corrected chi connectivity index (χ1v) is 12.5. The molecule has 8 heteroatoms. The first kappa shape index (κ1) is 22.7. The van der Waals surface area contributed by atoms with Crippen LogP contribution in [0.1, 0.15) is 52.1 Å². The van der Waals surface area contributed by atoms with Gasteiger partial charge in [-0.25, -0.2) is 9.37 Å². The maximum atomic E-state index is 13.8. The van der Waals surface area contributed by atoms with E-state index in [1.165, 1.54) is 31.4 Å². The van der Waals surface area contributed by atoms with Crippen molar-refractivity contribution < 1.29 is 9.18 Å². The number of aromatic nitrogens is 3.